The largest absolute Gasteiger partial charge is 0.459 e. The summed E-state index contributed by atoms with van der Waals surface area (Å²) in [6.45, 7) is 0. The summed E-state index contributed by atoms with van der Waals surface area (Å²) < 4.78 is 5.52. The topological polar surface area (TPSA) is 55.4 Å². The Balaban J connectivity index is 1.55. The zero-order valence-electron chi connectivity index (χ0n) is 12.1. The third-order valence-corrected chi connectivity index (χ3v) is 4.16. The Hall–Kier alpha value is -1.84. The van der Waals surface area contributed by atoms with E-state index in [-0.39, 0.29) is 23.9 Å². The van der Waals surface area contributed by atoms with Crippen LogP contribution in [0.3, 0.4) is 0 Å². The first kappa shape index (κ1) is 14.1. The maximum absolute atomic E-state index is 12.1. The molecule has 1 N–H and O–H groups in total. The Bertz CT molecular complexity index is 513. The van der Waals surface area contributed by atoms with Gasteiger partial charge < -0.3 is 10.1 Å². The van der Waals surface area contributed by atoms with Crippen LogP contribution in [0.4, 0.5) is 5.69 Å². The normalized spacial score (nSPS) is 19.0. The van der Waals surface area contributed by atoms with Crippen LogP contribution < -0.4 is 5.32 Å². The fraction of sp³-hybridized carbons (Fsp3) is 0.529. The van der Waals surface area contributed by atoms with Gasteiger partial charge in [-0.1, -0.05) is 6.42 Å². The Labute approximate surface area is 124 Å². The molecule has 1 amide bonds. The Morgan fingerprint density at radius 3 is 2.24 bits per heavy atom. The minimum atomic E-state index is -0.262. The summed E-state index contributed by atoms with van der Waals surface area (Å²) in [5.41, 5.74) is 1.28. The highest BCUT2D eigenvalue weighted by atomic mass is 16.5. The lowest BCUT2D eigenvalue weighted by Gasteiger charge is -2.21. The summed E-state index contributed by atoms with van der Waals surface area (Å²) in [6, 6.07) is 6.96. The first-order valence-corrected chi connectivity index (χ1v) is 7.84. The number of rotatable bonds is 4. The van der Waals surface area contributed by atoms with Gasteiger partial charge in [0.15, 0.2) is 0 Å². The molecule has 4 heteroatoms. The molecule has 0 heterocycles. The number of benzene rings is 1. The molecule has 0 radical (unpaired) electrons. The molecule has 0 aliphatic heterocycles. The Morgan fingerprint density at radius 2 is 1.62 bits per heavy atom. The van der Waals surface area contributed by atoms with Gasteiger partial charge in [-0.25, -0.2) is 4.79 Å². The van der Waals surface area contributed by atoms with Crippen LogP contribution in [-0.4, -0.2) is 18.0 Å². The number of anilines is 1. The summed E-state index contributed by atoms with van der Waals surface area (Å²) >= 11 is 0. The van der Waals surface area contributed by atoms with Gasteiger partial charge in [0.1, 0.15) is 6.10 Å². The quantitative estimate of drug-likeness (QED) is 0.862. The molecule has 0 aromatic heterocycles. The van der Waals surface area contributed by atoms with Crippen molar-refractivity contribution in [1.82, 2.24) is 0 Å². The second-order valence-electron chi connectivity index (χ2n) is 6.01. The summed E-state index contributed by atoms with van der Waals surface area (Å²) in [7, 11) is 0. The second-order valence-corrected chi connectivity index (χ2v) is 6.01. The van der Waals surface area contributed by atoms with E-state index < -0.39 is 0 Å². The average Bonchev–Trinajstić information content (AvgIpc) is 3.33. The van der Waals surface area contributed by atoms with Crippen molar-refractivity contribution in [3.63, 3.8) is 0 Å². The molecule has 3 rings (SSSR count). The molecule has 0 atom stereocenters. The smallest absolute Gasteiger partial charge is 0.338 e. The van der Waals surface area contributed by atoms with Crippen molar-refractivity contribution in [3.8, 4) is 0 Å². The SMILES string of the molecule is O=C(OC1CCCCC1)c1ccc(NC(=O)C2CC2)cc1. The second kappa shape index (κ2) is 6.29. The van der Waals surface area contributed by atoms with E-state index in [1.54, 1.807) is 24.3 Å². The van der Waals surface area contributed by atoms with Gasteiger partial charge in [0.2, 0.25) is 5.91 Å². The molecule has 4 nitrogen and oxygen atoms in total. The van der Waals surface area contributed by atoms with Crippen molar-refractivity contribution in [2.75, 3.05) is 5.32 Å². The van der Waals surface area contributed by atoms with Crippen LogP contribution in [0, 0.1) is 5.92 Å². The van der Waals surface area contributed by atoms with Crippen LogP contribution in [0.15, 0.2) is 24.3 Å². The number of hydrogen-bond acceptors (Lipinski definition) is 3. The fourth-order valence-corrected chi connectivity index (χ4v) is 2.68. The predicted molar refractivity (Wildman–Crippen MR) is 80.1 cm³/mol. The van der Waals surface area contributed by atoms with Gasteiger partial charge in [-0.15, -0.1) is 0 Å². The molecule has 21 heavy (non-hydrogen) atoms. The first-order valence-electron chi connectivity index (χ1n) is 7.84. The van der Waals surface area contributed by atoms with E-state index in [2.05, 4.69) is 5.32 Å². The molecule has 2 aliphatic rings. The van der Waals surface area contributed by atoms with Gasteiger partial charge in [-0.2, -0.15) is 0 Å². The molecule has 0 spiro atoms. The van der Waals surface area contributed by atoms with Gasteiger partial charge in [-0.05, 0) is 62.8 Å². The molecule has 1 aromatic carbocycles. The van der Waals surface area contributed by atoms with Gasteiger partial charge in [-0.3, -0.25) is 4.79 Å². The van der Waals surface area contributed by atoms with E-state index in [0.717, 1.165) is 44.2 Å². The molecule has 2 fully saturated rings. The van der Waals surface area contributed by atoms with Crippen LogP contribution in [0.2, 0.25) is 0 Å². The standard InChI is InChI=1S/C17H21NO3/c19-16(12-6-7-12)18-14-10-8-13(9-11-14)17(20)21-15-4-2-1-3-5-15/h8-12,15H,1-7H2,(H,18,19). The van der Waals surface area contributed by atoms with Crippen molar-refractivity contribution in [1.29, 1.82) is 0 Å². The Morgan fingerprint density at radius 1 is 0.952 bits per heavy atom. The zero-order chi connectivity index (χ0) is 14.7. The van der Waals surface area contributed by atoms with Crippen molar-refractivity contribution >= 4 is 17.6 Å². The van der Waals surface area contributed by atoms with E-state index >= 15 is 0 Å². The van der Waals surface area contributed by atoms with E-state index in [9.17, 15) is 9.59 Å². The highest BCUT2D eigenvalue weighted by Crippen LogP contribution is 2.30. The van der Waals surface area contributed by atoms with Gasteiger partial charge in [0, 0.05) is 11.6 Å². The molecular weight excluding hydrogens is 266 g/mol. The minimum Gasteiger partial charge on any atom is -0.459 e. The molecular formula is C17H21NO3. The average molecular weight is 287 g/mol. The van der Waals surface area contributed by atoms with Crippen LogP contribution in [-0.2, 0) is 9.53 Å². The van der Waals surface area contributed by atoms with Crippen LogP contribution >= 0.6 is 0 Å². The molecule has 1 aromatic rings. The summed E-state index contributed by atoms with van der Waals surface area (Å²) in [4.78, 5) is 23.7. The highest BCUT2D eigenvalue weighted by molar-refractivity contribution is 5.95. The lowest BCUT2D eigenvalue weighted by molar-refractivity contribution is -0.117. The van der Waals surface area contributed by atoms with Crippen molar-refractivity contribution in [2.45, 2.75) is 51.0 Å². The number of nitrogens with one attached hydrogen (secondary N) is 1. The summed E-state index contributed by atoms with van der Waals surface area (Å²) in [5.74, 6) is -0.00422. The van der Waals surface area contributed by atoms with Crippen LogP contribution in [0.25, 0.3) is 0 Å². The third kappa shape index (κ3) is 3.84. The fourth-order valence-electron chi connectivity index (χ4n) is 2.68. The minimum absolute atomic E-state index is 0.0699. The molecule has 112 valence electrons. The highest BCUT2D eigenvalue weighted by Gasteiger charge is 2.29. The van der Waals surface area contributed by atoms with Crippen LogP contribution in [0.1, 0.15) is 55.3 Å². The van der Waals surface area contributed by atoms with Gasteiger partial charge in [0.05, 0.1) is 5.56 Å². The zero-order valence-corrected chi connectivity index (χ0v) is 12.1. The van der Waals surface area contributed by atoms with Crippen molar-refractivity contribution < 1.29 is 14.3 Å². The maximum atomic E-state index is 12.1. The van der Waals surface area contributed by atoms with E-state index in [1.807, 2.05) is 0 Å². The summed E-state index contributed by atoms with van der Waals surface area (Å²) in [5, 5.41) is 2.86. The summed E-state index contributed by atoms with van der Waals surface area (Å²) in [6.07, 6.45) is 7.51. The molecule has 2 saturated carbocycles. The van der Waals surface area contributed by atoms with E-state index in [4.69, 9.17) is 4.74 Å². The first-order chi connectivity index (χ1) is 10.2. The number of ether oxygens (including phenoxy) is 1. The number of carbonyl (C=O) groups excluding carboxylic acids is 2. The monoisotopic (exact) mass is 287 g/mol. The number of esters is 1. The molecule has 2 aliphatic carbocycles. The number of amides is 1. The van der Waals surface area contributed by atoms with Crippen molar-refractivity contribution in [2.24, 2.45) is 5.92 Å². The lowest BCUT2D eigenvalue weighted by atomic mass is 9.98. The van der Waals surface area contributed by atoms with E-state index in [0.29, 0.717) is 5.56 Å². The van der Waals surface area contributed by atoms with Crippen molar-refractivity contribution in [3.05, 3.63) is 29.8 Å². The van der Waals surface area contributed by atoms with Crippen LogP contribution in [0.5, 0.6) is 0 Å². The molecule has 0 saturated heterocycles. The molecule has 0 bridgehead atoms. The van der Waals surface area contributed by atoms with Gasteiger partial charge >= 0.3 is 5.97 Å². The third-order valence-electron chi connectivity index (χ3n) is 4.16. The number of hydrogen-bond donors (Lipinski definition) is 1. The van der Waals surface area contributed by atoms with Gasteiger partial charge in [0.25, 0.3) is 0 Å². The lowest BCUT2D eigenvalue weighted by Crippen LogP contribution is -2.21. The maximum Gasteiger partial charge on any atom is 0.338 e. The van der Waals surface area contributed by atoms with E-state index in [1.165, 1.54) is 6.42 Å². The number of carbonyl (C=O) groups is 2. The predicted octanol–water partition coefficient (Wildman–Crippen LogP) is 3.52. The molecule has 0 unspecified atom stereocenters. The Kier molecular flexibility index (Phi) is 4.23.